The van der Waals surface area contributed by atoms with E-state index in [9.17, 15) is 9.59 Å². The first kappa shape index (κ1) is 21.1. The Morgan fingerprint density at radius 1 is 1.10 bits per heavy atom. The highest BCUT2D eigenvalue weighted by atomic mass is 35.5. The summed E-state index contributed by atoms with van der Waals surface area (Å²) in [5.74, 6) is -0.867. The number of thiophene rings is 1. The average molecular weight is 446 g/mol. The van der Waals surface area contributed by atoms with E-state index < -0.39 is 5.97 Å². The van der Waals surface area contributed by atoms with Gasteiger partial charge in [-0.1, -0.05) is 59.6 Å². The number of benzene rings is 2. The summed E-state index contributed by atoms with van der Waals surface area (Å²) in [7, 11) is 0. The molecular weight excluding hydrogens is 429 g/mol. The Labute approximate surface area is 182 Å². The number of nitrogens with one attached hydrogen (secondary N) is 1. The molecule has 1 aromatic heterocycles. The molecule has 4 nitrogen and oxygen atoms in total. The van der Waals surface area contributed by atoms with E-state index in [0.717, 1.165) is 10.4 Å². The van der Waals surface area contributed by atoms with Gasteiger partial charge in [-0.2, -0.15) is 0 Å². The third-order valence-corrected chi connectivity index (χ3v) is 5.56. The molecule has 3 aromatic rings. The maximum atomic E-state index is 12.4. The molecule has 0 aliphatic rings. The topological polar surface area (TPSA) is 55.4 Å². The Bertz CT molecular complexity index is 1060. The fraction of sp³-hybridized carbons (Fsp3) is 0.0909. The fourth-order valence-electron chi connectivity index (χ4n) is 2.54. The summed E-state index contributed by atoms with van der Waals surface area (Å²) in [4.78, 5) is 25.6. The van der Waals surface area contributed by atoms with Crippen LogP contribution in [-0.2, 0) is 9.53 Å². The summed E-state index contributed by atoms with van der Waals surface area (Å²) in [5.41, 5.74) is 1.93. The van der Waals surface area contributed by atoms with Gasteiger partial charge in [-0.3, -0.25) is 4.79 Å². The molecule has 2 aromatic carbocycles. The van der Waals surface area contributed by atoms with Crippen LogP contribution in [0.1, 0.15) is 22.8 Å². The fourth-order valence-corrected chi connectivity index (χ4v) is 4.07. The molecule has 0 atom stereocenters. The van der Waals surface area contributed by atoms with Gasteiger partial charge in [0.2, 0.25) is 5.91 Å². The number of anilines is 1. The van der Waals surface area contributed by atoms with Crippen LogP contribution in [0.15, 0.2) is 60.7 Å². The zero-order valence-corrected chi connectivity index (χ0v) is 17.8. The van der Waals surface area contributed by atoms with Crippen LogP contribution >= 0.6 is 34.5 Å². The highest BCUT2D eigenvalue weighted by Crippen LogP contribution is 2.36. The Balaban J connectivity index is 1.84. The van der Waals surface area contributed by atoms with E-state index in [1.807, 2.05) is 30.3 Å². The second kappa shape index (κ2) is 9.74. The summed E-state index contributed by atoms with van der Waals surface area (Å²) >= 11 is 13.3. The number of carbonyl (C=O) groups excluding carboxylic acids is 2. The summed E-state index contributed by atoms with van der Waals surface area (Å²) in [6, 6.07) is 16.4. The zero-order valence-electron chi connectivity index (χ0n) is 15.4. The Morgan fingerprint density at radius 3 is 2.55 bits per heavy atom. The lowest BCUT2D eigenvalue weighted by molar-refractivity contribution is -0.111. The number of carbonyl (C=O) groups is 2. The molecule has 29 heavy (non-hydrogen) atoms. The molecule has 7 heteroatoms. The molecule has 1 heterocycles. The third-order valence-electron chi connectivity index (χ3n) is 3.90. The van der Waals surface area contributed by atoms with Gasteiger partial charge in [0, 0.05) is 21.0 Å². The summed E-state index contributed by atoms with van der Waals surface area (Å²) in [6.07, 6.45) is 2.94. The zero-order chi connectivity index (χ0) is 20.8. The van der Waals surface area contributed by atoms with E-state index in [4.69, 9.17) is 27.9 Å². The molecule has 0 aliphatic heterocycles. The van der Waals surface area contributed by atoms with Crippen molar-refractivity contribution in [3.05, 3.63) is 81.8 Å². The maximum absolute atomic E-state index is 12.4. The largest absolute Gasteiger partial charge is 0.462 e. The van der Waals surface area contributed by atoms with Crippen molar-refractivity contribution in [1.29, 1.82) is 0 Å². The monoisotopic (exact) mass is 445 g/mol. The molecule has 0 bridgehead atoms. The number of hydrogen-bond acceptors (Lipinski definition) is 4. The molecule has 0 saturated carbocycles. The predicted octanol–water partition coefficient (Wildman–Crippen LogP) is 6.55. The minimum absolute atomic E-state index is 0.248. The van der Waals surface area contributed by atoms with Crippen LogP contribution in [-0.4, -0.2) is 18.5 Å². The lowest BCUT2D eigenvalue weighted by Crippen LogP contribution is -2.11. The normalized spacial score (nSPS) is 10.9. The second-order valence-electron chi connectivity index (χ2n) is 5.93. The van der Waals surface area contributed by atoms with Crippen molar-refractivity contribution >= 4 is 57.5 Å². The minimum atomic E-state index is -0.481. The van der Waals surface area contributed by atoms with Gasteiger partial charge in [0.05, 0.1) is 12.2 Å². The highest BCUT2D eigenvalue weighted by Gasteiger charge is 2.19. The molecule has 0 fully saturated rings. The molecule has 148 valence electrons. The van der Waals surface area contributed by atoms with Crippen LogP contribution in [0.25, 0.3) is 16.5 Å². The molecule has 1 N–H and O–H groups in total. The summed E-state index contributed by atoms with van der Waals surface area (Å²) in [6.45, 7) is 1.98. The van der Waals surface area contributed by atoms with E-state index >= 15 is 0 Å². The molecule has 0 radical (unpaired) electrons. The van der Waals surface area contributed by atoms with Crippen molar-refractivity contribution in [3.8, 4) is 10.4 Å². The standard InChI is InChI=1S/C22H17Cl2NO3S/c1-2-28-22(27)17-13-19(15-6-4-3-5-7-15)29-21(17)25-20(26)11-9-14-8-10-16(23)12-18(14)24/h3-13H,2H2,1H3,(H,25,26). The van der Waals surface area contributed by atoms with E-state index in [1.54, 1.807) is 37.3 Å². The Kier molecular flexibility index (Phi) is 7.09. The first-order chi connectivity index (χ1) is 14.0. The first-order valence-corrected chi connectivity index (χ1v) is 10.4. The van der Waals surface area contributed by atoms with Crippen LogP contribution < -0.4 is 5.32 Å². The number of rotatable bonds is 6. The number of hydrogen-bond donors (Lipinski definition) is 1. The third kappa shape index (κ3) is 5.48. The Morgan fingerprint density at radius 2 is 1.86 bits per heavy atom. The van der Waals surface area contributed by atoms with E-state index in [2.05, 4.69) is 5.32 Å². The summed E-state index contributed by atoms with van der Waals surface area (Å²) < 4.78 is 5.12. The minimum Gasteiger partial charge on any atom is -0.462 e. The van der Waals surface area contributed by atoms with Crippen LogP contribution in [0.4, 0.5) is 5.00 Å². The van der Waals surface area contributed by atoms with Crippen molar-refractivity contribution in [2.24, 2.45) is 0 Å². The number of esters is 1. The lowest BCUT2D eigenvalue weighted by atomic mass is 10.1. The Hall–Kier alpha value is -2.60. The lowest BCUT2D eigenvalue weighted by Gasteiger charge is -2.04. The molecule has 0 unspecified atom stereocenters. The van der Waals surface area contributed by atoms with E-state index in [1.165, 1.54) is 17.4 Å². The average Bonchev–Trinajstić information content (AvgIpc) is 3.12. The molecule has 0 aliphatic carbocycles. The van der Waals surface area contributed by atoms with Gasteiger partial charge in [-0.25, -0.2) is 4.79 Å². The van der Waals surface area contributed by atoms with Crippen molar-refractivity contribution in [3.63, 3.8) is 0 Å². The van der Waals surface area contributed by atoms with E-state index in [-0.39, 0.29) is 12.5 Å². The molecule has 0 spiro atoms. The van der Waals surface area contributed by atoms with Gasteiger partial charge in [-0.15, -0.1) is 11.3 Å². The van der Waals surface area contributed by atoms with Crippen LogP contribution in [0, 0.1) is 0 Å². The molecule has 0 saturated heterocycles. The van der Waals surface area contributed by atoms with E-state index in [0.29, 0.717) is 26.2 Å². The van der Waals surface area contributed by atoms with Gasteiger partial charge < -0.3 is 10.1 Å². The predicted molar refractivity (Wildman–Crippen MR) is 120 cm³/mol. The van der Waals surface area contributed by atoms with Crippen LogP contribution in [0.3, 0.4) is 0 Å². The maximum Gasteiger partial charge on any atom is 0.341 e. The van der Waals surface area contributed by atoms with Gasteiger partial charge in [0.1, 0.15) is 5.00 Å². The van der Waals surface area contributed by atoms with Gasteiger partial charge in [0.15, 0.2) is 0 Å². The van der Waals surface area contributed by atoms with Crippen LogP contribution in [0.2, 0.25) is 10.0 Å². The van der Waals surface area contributed by atoms with Gasteiger partial charge >= 0.3 is 5.97 Å². The smallest absolute Gasteiger partial charge is 0.341 e. The quantitative estimate of drug-likeness (QED) is 0.345. The SMILES string of the molecule is CCOC(=O)c1cc(-c2ccccc2)sc1NC(=O)C=Cc1ccc(Cl)cc1Cl. The van der Waals surface area contributed by atoms with Gasteiger partial charge in [0.25, 0.3) is 0 Å². The second-order valence-corrected chi connectivity index (χ2v) is 7.82. The summed E-state index contributed by atoms with van der Waals surface area (Å²) in [5, 5.41) is 4.15. The van der Waals surface area contributed by atoms with Crippen molar-refractivity contribution in [1.82, 2.24) is 0 Å². The first-order valence-electron chi connectivity index (χ1n) is 8.78. The van der Waals surface area contributed by atoms with Crippen molar-refractivity contribution in [2.75, 3.05) is 11.9 Å². The molecule has 1 amide bonds. The molecular formula is C22H17Cl2NO3S. The number of amides is 1. The van der Waals surface area contributed by atoms with Crippen LogP contribution in [0.5, 0.6) is 0 Å². The number of ether oxygens (including phenoxy) is 1. The molecule has 3 rings (SSSR count). The number of halogens is 2. The van der Waals surface area contributed by atoms with Gasteiger partial charge in [-0.05, 0) is 42.3 Å². The highest BCUT2D eigenvalue weighted by molar-refractivity contribution is 7.20. The van der Waals surface area contributed by atoms with Crippen molar-refractivity contribution in [2.45, 2.75) is 6.92 Å². The van der Waals surface area contributed by atoms with Crippen molar-refractivity contribution < 1.29 is 14.3 Å².